The van der Waals surface area contributed by atoms with Gasteiger partial charge in [-0.3, -0.25) is 0 Å². The third-order valence-electron chi connectivity index (χ3n) is 1.88. The molecule has 13 heavy (non-hydrogen) atoms. The summed E-state index contributed by atoms with van der Waals surface area (Å²) in [6, 6.07) is -0.00554. The van der Waals surface area contributed by atoms with Crippen molar-refractivity contribution in [1.29, 1.82) is 0 Å². The van der Waals surface area contributed by atoms with Crippen molar-refractivity contribution in [1.82, 2.24) is 5.32 Å². The van der Waals surface area contributed by atoms with Crippen molar-refractivity contribution in [2.75, 3.05) is 20.3 Å². The van der Waals surface area contributed by atoms with Crippen LogP contribution in [-0.2, 0) is 4.74 Å². The lowest BCUT2D eigenvalue weighted by Gasteiger charge is -2.24. The molecule has 0 aromatic heterocycles. The first kappa shape index (κ1) is 12.4. The molecule has 0 spiro atoms. The number of methoxy groups -OCH3 is 1. The highest BCUT2D eigenvalue weighted by molar-refractivity contribution is 4.96. The molecule has 0 amide bonds. The third kappa shape index (κ3) is 6.59. The Morgan fingerprint density at radius 2 is 2.31 bits per heavy atom. The van der Waals surface area contributed by atoms with E-state index in [9.17, 15) is 5.11 Å². The summed E-state index contributed by atoms with van der Waals surface area (Å²) in [5, 5.41) is 12.8. The third-order valence-corrected chi connectivity index (χ3v) is 1.88. The molecular weight excluding hydrogens is 166 g/mol. The first-order valence-electron chi connectivity index (χ1n) is 4.42. The van der Waals surface area contributed by atoms with Crippen molar-refractivity contribution >= 4 is 0 Å². The number of rotatable bonds is 6. The molecule has 0 rings (SSSR count). The molecule has 2 N–H and O–H groups in total. The molecule has 0 heterocycles. The van der Waals surface area contributed by atoms with Gasteiger partial charge in [-0.1, -0.05) is 5.92 Å². The van der Waals surface area contributed by atoms with E-state index in [1.165, 1.54) is 0 Å². The minimum absolute atomic E-state index is 0.00554. The van der Waals surface area contributed by atoms with Crippen LogP contribution in [0.25, 0.3) is 0 Å². The number of terminal acetylenes is 1. The Kier molecular flexibility index (Phi) is 5.72. The molecule has 0 aliphatic rings. The van der Waals surface area contributed by atoms with Gasteiger partial charge < -0.3 is 15.2 Å². The summed E-state index contributed by atoms with van der Waals surface area (Å²) in [5.41, 5.74) is -0.749. The number of hydrogen-bond donors (Lipinski definition) is 2. The first-order valence-corrected chi connectivity index (χ1v) is 4.42. The van der Waals surface area contributed by atoms with Gasteiger partial charge in [-0.15, -0.1) is 6.42 Å². The van der Waals surface area contributed by atoms with E-state index in [0.29, 0.717) is 19.6 Å². The molecule has 0 aromatic rings. The topological polar surface area (TPSA) is 41.5 Å². The van der Waals surface area contributed by atoms with Crippen LogP contribution >= 0.6 is 0 Å². The Balaban J connectivity index is 3.69. The van der Waals surface area contributed by atoms with Gasteiger partial charge in [0.05, 0.1) is 11.6 Å². The molecule has 0 saturated heterocycles. The van der Waals surface area contributed by atoms with Gasteiger partial charge >= 0.3 is 0 Å². The Morgan fingerprint density at radius 1 is 1.69 bits per heavy atom. The highest BCUT2D eigenvalue weighted by atomic mass is 16.5. The van der Waals surface area contributed by atoms with Crippen LogP contribution in [0.15, 0.2) is 0 Å². The second-order valence-corrected chi connectivity index (χ2v) is 3.51. The van der Waals surface area contributed by atoms with Crippen molar-refractivity contribution in [2.45, 2.75) is 31.9 Å². The van der Waals surface area contributed by atoms with Crippen molar-refractivity contribution in [3.05, 3.63) is 0 Å². The molecule has 0 saturated carbocycles. The van der Waals surface area contributed by atoms with Gasteiger partial charge in [0.2, 0.25) is 0 Å². The summed E-state index contributed by atoms with van der Waals surface area (Å²) < 4.78 is 4.88. The maximum Gasteiger partial charge on any atom is 0.0765 e. The highest BCUT2D eigenvalue weighted by Crippen LogP contribution is 2.07. The average Bonchev–Trinajstić information content (AvgIpc) is 2.11. The lowest BCUT2D eigenvalue weighted by atomic mass is 10.0. The van der Waals surface area contributed by atoms with Gasteiger partial charge in [-0.25, -0.2) is 0 Å². The van der Waals surface area contributed by atoms with Gasteiger partial charge in [0, 0.05) is 26.7 Å². The first-order chi connectivity index (χ1) is 6.02. The van der Waals surface area contributed by atoms with Crippen LogP contribution in [0.5, 0.6) is 0 Å². The Labute approximate surface area is 80.5 Å². The average molecular weight is 185 g/mol. The van der Waals surface area contributed by atoms with E-state index in [1.54, 1.807) is 14.0 Å². The number of ether oxygens (including phenoxy) is 1. The molecule has 0 radical (unpaired) electrons. The monoisotopic (exact) mass is 185 g/mol. The lowest BCUT2D eigenvalue weighted by Crippen LogP contribution is -2.41. The molecule has 2 unspecified atom stereocenters. The maximum absolute atomic E-state index is 9.78. The zero-order valence-electron chi connectivity index (χ0n) is 8.63. The van der Waals surface area contributed by atoms with Crippen molar-refractivity contribution in [2.24, 2.45) is 0 Å². The highest BCUT2D eigenvalue weighted by Gasteiger charge is 2.19. The van der Waals surface area contributed by atoms with Gasteiger partial charge in [-0.05, 0) is 13.8 Å². The van der Waals surface area contributed by atoms with Gasteiger partial charge in [0.1, 0.15) is 0 Å². The van der Waals surface area contributed by atoms with Crippen LogP contribution < -0.4 is 5.32 Å². The molecule has 0 aliphatic heterocycles. The van der Waals surface area contributed by atoms with Crippen LogP contribution in [0.4, 0.5) is 0 Å². The zero-order chi connectivity index (χ0) is 10.3. The van der Waals surface area contributed by atoms with Crippen LogP contribution in [0, 0.1) is 12.3 Å². The van der Waals surface area contributed by atoms with Crippen LogP contribution in [0.3, 0.4) is 0 Å². The van der Waals surface area contributed by atoms with Gasteiger partial charge in [-0.2, -0.15) is 0 Å². The SMILES string of the molecule is C#CC(C)NCC(C)(O)CCOC. The molecule has 0 fully saturated rings. The molecule has 76 valence electrons. The second kappa shape index (κ2) is 5.98. The largest absolute Gasteiger partial charge is 0.389 e. The van der Waals surface area contributed by atoms with E-state index in [2.05, 4.69) is 11.2 Å². The minimum Gasteiger partial charge on any atom is -0.389 e. The van der Waals surface area contributed by atoms with E-state index in [0.717, 1.165) is 0 Å². The predicted octanol–water partition coefficient (Wildman–Crippen LogP) is 0.385. The normalized spacial score (nSPS) is 17.5. The molecule has 2 atom stereocenters. The molecule has 0 aromatic carbocycles. The van der Waals surface area contributed by atoms with E-state index < -0.39 is 5.60 Å². The number of hydrogen-bond acceptors (Lipinski definition) is 3. The Bertz CT molecular complexity index is 172. The minimum atomic E-state index is -0.749. The van der Waals surface area contributed by atoms with Crippen molar-refractivity contribution in [3.8, 4) is 12.3 Å². The van der Waals surface area contributed by atoms with Gasteiger partial charge in [0.25, 0.3) is 0 Å². The van der Waals surface area contributed by atoms with Crippen LogP contribution in [0.2, 0.25) is 0 Å². The zero-order valence-corrected chi connectivity index (χ0v) is 8.63. The molecule has 0 bridgehead atoms. The fraction of sp³-hybridized carbons (Fsp3) is 0.800. The van der Waals surface area contributed by atoms with Crippen LogP contribution in [0.1, 0.15) is 20.3 Å². The van der Waals surface area contributed by atoms with Crippen LogP contribution in [-0.4, -0.2) is 37.0 Å². The number of aliphatic hydroxyl groups is 1. The quantitative estimate of drug-likeness (QED) is 0.588. The fourth-order valence-corrected chi connectivity index (χ4v) is 0.842. The molecule has 3 nitrogen and oxygen atoms in total. The fourth-order valence-electron chi connectivity index (χ4n) is 0.842. The standard InChI is InChI=1S/C10H19NO2/c1-5-9(2)11-8-10(3,12)6-7-13-4/h1,9,11-12H,6-8H2,2-4H3. The second-order valence-electron chi connectivity index (χ2n) is 3.51. The predicted molar refractivity (Wildman–Crippen MR) is 53.4 cm³/mol. The van der Waals surface area contributed by atoms with E-state index in [-0.39, 0.29) is 6.04 Å². The molecular formula is C10H19NO2. The van der Waals surface area contributed by atoms with Crippen molar-refractivity contribution in [3.63, 3.8) is 0 Å². The molecule has 0 aliphatic carbocycles. The Morgan fingerprint density at radius 3 is 2.77 bits per heavy atom. The van der Waals surface area contributed by atoms with E-state index in [1.807, 2.05) is 6.92 Å². The van der Waals surface area contributed by atoms with E-state index >= 15 is 0 Å². The summed E-state index contributed by atoms with van der Waals surface area (Å²) in [7, 11) is 1.62. The lowest BCUT2D eigenvalue weighted by molar-refractivity contribution is 0.0243. The summed E-state index contributed by atoms with van der Waals surface area (Å²) in [6.45, 7) is 4.69. The van der Waals surface area contributed by atoms with Gasteiger partial charge in [0.15, 0.2) is 0 Å². The number of nitrogens with one attached hydrogen (secondary N) is 1. The maximum atomic E-state index is 9.78. The summed E-state index contributed by atoms with van der Waals surface area (Å²) in [5.74, 6) is 2.54. The van der Waals surface area contributed by atoms with Crippen molar-refractivity contribution < 1.29 is 9.84 Å². The van der Waals surface area contributed by atoms with E-state index in [4.69, 9.17) is 11.2 Å². The summed E-state index contributed by atoms with van der Waals surface area (Å²) in [6.07, 6.45) is 5.79. The molecule has 3 heteroatoms. The summed E-state index contributed by atoms with van der Waals surface area (Å²) in [4.78, 5) is 0. The summed E-state index contributed by atoms with van der Waals surface area (Å²) >= 11 is 0. The Hall–Kier alpha value is -0.560. The smallest absolute Gasteiger partial charge is 0.0765 e.